The van der Waals surface area contributed by atoms with Crippen molar-refractivity contribution in [3.63, 3.8) is 0 Å². The number of carbonyl (C=O) groups excluding carboxylic acids is 1. The fourth-order valence-corrected chi connectivity index (χ4v) is 1.81. The summed E-state index contributed by atoms with van der Waals surface area (Å²) < 4.78 is 18.6. The van der Waals surface area contributed by atoms with Crippen molar-refractivity contribution in [2.75, 3.05) is 6.61 Å². The number of carbonyl (C=O) groups is 1. The van der Waals surface area contributed by atoms with Gasteiger partial charge in [0.1, 0.15) is 5.82 Å². The van der Waals surface area contributed by atoms with Crippen molar-refractivity contribution >= 4 is 17.6 Å². The Labute approximate surface area is 105 Å². The van der Waals surface area contributed by atoms with E-state index in [1.807, 2.05) is 0 Å². The second-order valence-corrected chi connectivity index (χ2v) is 4.11. The van der Waals surface area contributed by atoms with Gasteiger partial charge in [0.05, 0.1) is 13.0 Å². The highest BCUT2D eigenvalue weighted by molar-refractivity contribution is 6.31. The van der Waals surface area contributed by atoms with E-state index in [9.17, 15) is 9.18 Å². The Hall–Kier alpha value is -1.13. The third-order valence-corrected chi connectivity index (χ3v) is 2.71. The van der Waals surface area contributed by atoms with Crippen molar-refractivity contribution in [1.82, 2.24) is 0 Å². The Morgan fingerprint density at radius 3 is 2.82 bits per heavy atom. The highest BCUT2D eigenvalue weighted by Gasteiger charge is 2.20. The number of nitrogens with two attached hydrogens (primary N) is 1. The van der Waals surface area contributed by atoms with Gasteiger partial charge in [0.2, 0.25) is 0 Å². The maximum Gasteiger partial charge on any atom is 0.307 e. The zero-order chi connectivity index (χ0) is 13.0. The lowest BCUT2D eigenvalue weighted by atomic mass is 10.0. The fraction of sp³-hybridized carbons (Fsp3) is 0.417. The normalized spacial score (nSPS) is 12.3. The molecule has 0 fully saturated rings. The summed E-state index contributed by atoms with van der Waals surface area (Å²) in [5.41, 5.74) is 6.39. The van der Waals surface area contributed by atoms with Crippen LogP contribution in [0.1, 0.15) is 30.5 Å². The summed E-state index contributed by atoms with van der Waals surface area (Å²) in [5.74, 6) is -0.925. The van der Waals surface area contributed by atoms with Crippen molar-refractivity contribution in [2.24, 2.45) is 5.73 Å². The van der Waals surface area contributed by atoms with Crippen LogP contribution < -0.4 is 5.73 Å². The lowest BCUT2D eigenvalue weighted by Gasteiger charge is -2.15. The molecule has 3 nitrogen and oxygen atoms in total. The smallest absolute Gasteiger partial charge is 0.307 e. The van der Waals surface area contributed by atoms with Crippen LogP contribution in [0.25, 0.3) is 0 Å². The number of benzene rings is 1. The first kappa shape index (κ1) is 13.9. The minimum atomic E-state index is -0.790. The van der Waals surface area contributed by atoms with E-state index in [1.54, 1.807) is 26.0 Å². The van der Waals surface area contributed by atoms with E-state index < -0.39 is 17.8 Å². The Morgan fingerprint density at radius 1 is 1.59 bits per heavy atom. The topological polar surface area (TPSA) is 52.3 Å². The molecule has 1 aromatic carbocycles. The Balaban J connectivity index is 2.92. The van der Waals surface area contributed by atoms with Crippen LogP contribution in [0.15, 0.2) is 12.1 Å². The molecule has 0 saturated carbocycles. The molecule has 0 aromatic heterocycles. The van der Waals surface area contributed by atoms with Gasteiger partial charge in [0, 0.05) is 16.6 Å². The standard InChI is InChI=1S/C12H15ClFNO2/c1-3-17-10(16)6-9(15)11-8(13)5-4-7(2)12(11)14/h4-5,9H,3,6,15H2,1-2H3/t9-/m1/s1. The van der Waals surface area contributed by atoms with Gasteiger partial charge in [0.15, 0.2) is 0 Å². The molecule has 0 radical (unpaired) electrons. The van der Waals surface area contributed by atoms with Crippen molar-refractivity contribution in [3.8, 4) is 0 Å². The molecule has 1 aromatic rings. The van der Waals surface area contributed by atoms with E-state index in [4.69, 9.17) is 22.1 Å². The van der Waals surface area contributed by atoms with E-state index in [0.717, 1.165) is 0 Å². The van der Waals surface area contributed by atoms with Gasteiger partial charge >= 0.3 is 5.97 Å². The van der Waals surface area contributed by atoms with E-state index in [0.29, 0.717) is 5.56 Å². The molecule has 0 saturated heterocycles. The number of aryl methyl sites for hydroxylation is 1. The quantitative estimate of drug-likeness (QED) is 0.846. The van der Waals surface area contributed by atoms with Crippen LogP contribution in [0, 0.1) is 12.7 Å². The van der Waals surface area contributed by atoms with Crippen LogP contribution in [-0.4, -0.2) is 12.6 Å². The number of hydrogen-bond donors (Lipinski definition) is 1. The Kier molecular flexibility index (Phi) is 4.90. The summed E-state index contributed by atoms with van der Waals surface area (Å²) >= 11 is 5.88. The first-order valence-corrected chi connectivity index (χ1v) is 5.70. The lowest BCUT2D eigenvalue weighted by Crippen LogP contribution is -2.19. The molecule has 94 valence electrons. The largest absolute Gasteiger partial charge is 0.466 e. The first-order chi connectivity index (χ1) is 7.97. The Morgan fingerprint density at radius 2 is 2.24 bits per heavy atom. The highest BCUT2D eigenvalue weighted by atomic mass is 35.5. The number of hydrogen-bond acceptors (Lipinski definition) is 3. The molecule has 2 N–H and O–H groups in total. The van der Waals surface area contributed by atoms with Crippen LogP contribution >= 0.6 is 11.6 Å². The van der Waals surface area contributed by atoms with Crippen LogP contribution in [0.4, 0.5) is 4.39 Å². The molecule has 0 aliphatic heterocycles. The summed E-state index contributed by atoms with van der Waals surface area (Å²) in [6.07, 6.45) is -0.0894. The molecule has 1 atom stereocenters. The molecule has 5 heteroatoms. The average Bonchev–Trinajstić information content (AvgIpc) is 2.24. The van der Waals surface area contributed by atoms with E-state index in [2.05, 4.69) is 0 Å². The minimum absolute atomic E-state index is 0.0894. The van der Waals surface area contributed by atoms with Crippen LogP contribution in [-0.2, 0) is 9.53 Å². The van der Waals surface area contributed by atoms with E-state index in [-0.39, 0.29) is 23.6 Å². The predicted octanol–water partition coefficient (Wildman–Crippen LogP) is 2.74. The van der Waals surface area contributed by atoms with Gasteiger partial charge < -0.3 is 10.5 Å². The summed E-state index contributed by atoms with van der Waals surface area (Å²) in [5, 5.41) is 0.227. The highest BCUT2D eigenvalue weighted by Crippen LogP contribution is 2.28. The first-order valence-electron chi connectivity index (χ1n) is 5.33. The summed E-state index contributed by atoms with van der Waals surface area (Å²) in [6, 6.07) is 2.35. The number of ether oxygens (including phenoxy) is 1. The van der Waals surface area contributed by atoms with Crippen LogP contribution in [0.2, 0.25) is 5.02 Å². The molecule has 17 heavy (non-hydrogen) atoms. The number of esters is 1. The van der Waals surface area contributed by atoms with Crippen LogP contribution in [0.5, 0.6) is 0 Å². The summed E-state index contributed by atoms with van der Waals surface area (Å²) in [7, 11) is 0. The molecular formula is C12H15ClFNO2. The summed E-state index contributed by atoms with van der Waals surface area (Å²) in [4.78, 5) is 11.3. The molecule has 0 unspecified atom stereocenters. The van der Waals surface area contributed by atoms with Crippen molar-refractivity contribution < 1.29 is 13.9 Å². The van der Waals surface area contributed by atoms with E-state index >= 15 is 0 Å². The molecule has 0 bridgehead atoms. The zero-order valence-electron chi connectivity index (χ0n) is 9.80. The maximum absolute atomic E-state index is 13.8. The maximum atomic E-state index is 13.8. The number of halogens is 2. The van der Waals surface area contributed by atoms with Crippen molar-refractivity contribution in [2.45, 2.75) is 26.3 Å². The molecule has 0 heterocycles. The van der Waals surface area contributed by atoms with Crippen molar-refractivity contribution in [1.29, 1.82) is 0 Å². The van der Waals surface area contributed by atoms with Gasteiger partial charge in [-0.2, -0.15) is 0 Å². The third-order valence-electron chi connectivity index (χ3n) is 2.38. The minimum Gasteiger partial charge on any atom is -0.466 e. The van der Waals surface area contributed by atoms with E-state index in [1.165, 1.54) is 0 Å². The zero-order valence-corrected chi connectivity index (χ0v) is 10.6. The van der Waals surface area contributed by atoms with Gasteiger partial charge in [-0.1, -0.05) is 17.7 Å². The monoisotopic (exact) mass is 259 g/mol. The second-order valence-electron chi connectivity index (χ2n) is 3.71. The van der Waals surface area contributed by atoms with Gasteiger partial charge in [0.25, 0.3) is 0 Å². The molecule has 0 amide bonds. The Bertz CT molecular complexity index is 423. The molecular weight excluding hydrogens is 245 g/mol. The molecule has 1 rings (SSSR count). The van der Waals surface area contributed by atoms with Crippen LogP contribution in [0.3, 0.4) is 0 Å². The average molecular weight is 260 g/mol. The van der Waals surface area contributed by atoms with Gasteiger partial charge in [-0.05, 0) is 25.5 Å². The van der Waals surface area contributed by atoms with Gasteiger partial charge in [-0.25, -0.2) is 4.39 Å². The molecule has 0 spiro atoms. The number of rotatable bonds is 4. The fourth-order valence-electron chi connectivity index (χ4n) is 1.52. The SMILES string of the molecule is CCOC(=O)C[C@@H](N)c1c(Cl)ccc(C)c1F. The predicted molar refractivity (Wildman–Crippen MR) is 64.3 cm³/mol. The van der Waals surface area contributed by atoms with Gasteiger partial charge in [-0.3, -0.25) is 4.79 Å². The molecule has 0 aliphatic carbocycles. The second kappa shape index (κ2) is 5.98. The van der Waals surface area contributed by atoms with Gasteiger partial charge in [-0.15, -0.1) is 0 Å². The molecule has 0 aliphatic rings. The van der Waals surface area contributed by atoms with Crippen molar-refractivity contribution in [3.05, 3.63) is 34.1 Å². The lowest BCUT2D eigenvalue weighted by molar-refractivity contribution is -0.143. The summed E-state index contributed by atoms with van der Waals surface area (Å²) in [6.45, 7) is 3.59. The third kappa shape index (κ3) is 3.41.